The quantitative estimate of drug-likeness (QED) is 0.263. The van der Waals surface area contributed by atoms with E-state index in [-0.39, 0.29) is 20.0 Å². The van der Waals surface area contributed by atoms with E-state index in [2.05, 4.69) is 40.9 Å². The Labute approximate surface area is 213 Å². The Morgan fingerprint density at radius 2 is 0.714 bits per heavy atom. The molecule has 10 heteroatoms. The van der Waals surface area contributed by atoms with Gasteiger partial charge in [0.15, 0.2) is 12.6 Å². The molecule has 10 nitrogen and oxygen atoms in total. The molecule has 5 heterocycles. The van der Waals surface area contributed by atoms with Crippen molar-refractivity contribution in [2.45, 2.75) is 45.4 Å². The molecular weight excluding hydrogens is 444 g/mol. The monoisotopic (exact) mass is 496 g/mol. The van der Waals surface area contributed by atoms with Crippen LogP contribution in [0.3, 0.4) is 0 Å². The van der Waals surface area contributed by atoms with Gasteiger partial charge in [-0.05, 0) is 51.9 Å². The first-order valence-electron chi connectivity index (χ1n) is 13.5. The fraction of sp³-hybridized carbons (Fsp3) is 0.920. The normalized spacial score (nSPS) is 29.4. The molecule has 204 valence electrons. The number of piperazine rings is 2. The summed E-state index contributed by atoms with van der Waals surface area (Å²) >= 11 is 0. The molecule has 0 aliphatic carbocycles. The summed E-state index contributed by atoms with van der Waals surface area (Å²) in [4.78, 5) is 28.6. The summed E-state index contributed by atoms with van der Waals surface area (Å²) in [5, 5.41) is 13.7. The summed E-state index contributed by atoms with van der Waals surface area (Å²) in [6, 6.07) is 0. The summed E-state index contributed by atoms with van der Waals surface area (Å²) in [6.07, 6.45) is 7.03. The number of carbonyl (C=O) groups is 2. The van der Waals surface area contributed by atoms with E-state index >= 15 is 0 Å². The number of hydrogen-bond donors (Lipinski definition) is 4. The van der Waals surface area contributed by atoms with Gasteiger partial charge in [0.05, 0.1) is 12.3 Å². The summed E-state index contributed by atoms with van der Waals surface area (Å²) < 4.78 is 0. The Kier molecular flexibility index (Phi) is 15.8. The zero-order valence-corrected chi connectivity index (χ0v) is 21.1. The maximum atomic E-state index is 8.81. The van der Waals surface area contributed by atoms with E-state index in [9.17, 15) is 0 Å². The fourth-order valence-corrected chi connectivity index (χ4v) is 5.72. The molecular formula is C25H52N8O2. The van der Waals surface area contributed by atoms with Crippen LogP contribution in [-0.2, 0) is 9.59 Å². The summed E-state index contributed by atoms with van der Waals surface area (Å²) in [5.74, 6) is 0. The minimum absolute atomic E-state index is 0. The zero-order chi connectivity index (χ0) is 23.8. The van der Waals surface area contributed by atoms with Crippen molar-refractivity contribution in [2.75, 3.05) is 105 Å². The lowest BCUT2D eigenvalue weighted by Gasteiger charge is -2.61. The predicted octanol–water partition coefficient (Wildman–Crippen LogP) is -1.16. The number of rotatable bonds is 1. The lowest BCUT2D eigenvalue weighted by molar-refractivity contribution is -0.179. The van der Waals surface area contributed by atoms with Crippen LogP contribution < -0.4 is 21.3 Å². The van der Waals surface area contributed by atoms with E-state index in [0.717, 1.165) is 64.7 Å². The highest BCUT2D eigenvalue weighted by Crippen LogP contribution is 2.31. The molecule has 5 rings (SSSR count). The SMILES string of the molecule is C.C1CN2CCN3CCCN4CCN(C1)C2C34.C1CNCCNCCCNCCNC1.O=CC=O. The highest BCUT2D eigenvalue weighted by atomic mass is 16.2. The van der Waals surface area contributed by atoms with E-state index < -0.39 is 0 Å². The van der Waals surface area contributed by atoms with Crippen molar-refractivity contribution in [3.8, 4) is 0 Å². The Morgan fingerprint density at radius 1 is 0.429 bits per heavy atom. The van der Waals surface area contributed by atoms with E-state index in [1.54, 1.807) is 0 Å². The largest absolute Gasteiger partial charge is 0.315 e. The summed E-state index contributed by atoms with van der Waals surface area (Å²) in [5.41, 5.74) is 0. The number of aldehydes is 2. The first kappa shape index (κ1) is 30.2. The number of nitrogens with one attached hydrogen (secondary N) is 4. The molecule has 0 radical (unpaired) electrons. The number of nitrogens with zero attached hydrogens (tertiary/aromatic N) is 4. The van der Waals surface area contributed by atoms with Gasteiger partial charge < -0.3 is 21.3 Å². The van der Waals surface area contributed by atoms with Crippen molar-refractivity contribution >= 4 is 12.6 Å². The molecule has 5 aliphatic heterocycles. The molecule has 0 aromatic carbocycles. The van der Waals surface area contributed by atoms with Crippen LogP contribution >= 0.6 is 0 Å². The van der Waals surface area contributed by atoms with Gasteiger partial charge >= 0.3 is 0 Å². The van der Waals surface area contributed by atoms with Crippen LogP contribution in [0.1, 0.15) is 33.1 Å². The highest BCUT2D eigenvalue weighted by Gasteiger charge is 2.48. The maximum Gasteiger partial charge on any atom is 0.182 e. The third-order valence-corrected chi connectivity index (χ3v) is 7.32. The van der Waals surface area contributed by atoms with Gasteiger partial charge in [0.25, 0.3) is 0 Å². The topological polar surface area (TPSA) is 95.2 Å². The van der Waals surface area contributed by atoms with Crippen LogP contribution in [0, 0.1) is 0 Å². The van der Waals surface area contributed by atoms with Crippen molar-refractivity contribution in [1.82, 2.24) is 40.9 Å². The molecule has 4 N–H and O–H groups in total. The summed E-state index contributed by atoms with van der Waals surface area (Å²) in [6.45, 7) is 19.4. The molecule has 0 spiro atoms. The summed E-state index contributed by atoms with van der Waals surface area (Å²) in [7, 11) is 0. The van der Waals surface area contributed by atoms with Gasteiger partial charge in [-0.3, -0.25) is 29.2 Å². The second-order valence-electron chi connectivity index (χ2n) is 9.66. The van der Waals surface area contributed by atoms with Gasteiger partial charge in [-0.1, -0.05) is 7.43 Å². The predicted molar refractivity (Wildman–Crippen MR) is 143 cm³/mol. The molecule has 5 fully saturated rings. The van der Waals surface area contributed by atoms with Crippen molar-refractivity contribution in [2.24, 2.45) is 0 Å². The first-order chi connectivity index (χ1) is 16.8. The zero-order valence-electron chi connectivity index (χ0n) is 21.1. The molecule has 5 saturated heterocycles. The average molecular weight is 497 g/mol. The molecule has 0 saturated carbocycles. The van der Waals surface area contributed by atoms with E-state index in [4.69, 9.17) is 9.59 Å². The number of carbonyl (C=O) groups excluding carboxylic acids is 2. The number of hydrogen-bond acceptors (Lipinski definition) is 10. The van der Waals surface area contributed by atoms with Crippen LogP contribution in [0.15, 0.2) is 0 Å². The molecule has 0 amide bonds. The van der Waals surface area contributed by atoms with Crippen molar-refractivity contribution < 1.29 is 9.59 Å². The Morgan fingerprint density at radius 3 is 0.971 bits per heavy atom. The van der Waals surface area contributed by atoms with Gasteiger partial charge in [-0.2, -0.15) is 0 Å². The average Bonchev–Trinajstić information content (AvgIpc) is 2.89. The van der Waals surface area contributed by atoms with Crippen LogP contribution in [0.25, 0.3) is 0 Å². The highest BCUT2D eigenvalue weighted by molar-refractivity contribution is 6.09. The fourth-order valence-electron chi connectivity index (χ4n) is 5.72. The molecule has 0 atom stereocenters. The van der Waals surface area contributed by atoms with Gasteiger partial charge in [0, 0.05) is 78.5 Å². The molecule has 0 aromatic rings. The Balaban J connectivity index is 0.000000212. The van der Waals surface area contributed by atoms with Gasteiger partial charge in [0.2, 0.25) is 0 Å². The van der Waals surface area contributed by atoms with Crippen LogP contribution in [0.2, 0.25) is 0 Å². The Bertz CT molecular complexity index is 458. The van der Waals surface area contributed by atoms with E-state index in [1.807, 2.05) is 0 Å². The van der Waals surface area contributed by atoms with Crippen molar-refractivity contribution in [1.29, 1.82) is 0 Å². The third kappa shape index (κ3) is 10.1. The van der Waals surface area contributed by atoms with Crippen LogP contribution in [-0.4, -0.2) is 149 Å². The third-order valence-electron chi connectivity index (χ3n) is 7.32. The lowest BCUT2D eigenvalue weighted by Crippen LogP contribution is -2.77. The van der Waals surface area contributed by atoms with Gasteiger partial charge in [-0.15, -0.1) is 0 Å². The molecule has 0 unspecified atom stereocenters. The van der Waals surface area contributed by atoms with Crippen molar-refractivity contribution in [3.63, 3.8) is 0 Å². The first-order valence-corrected chi connectivity index (χ1v) is 13.5. The van der Waals surface area contributed by atoms with Crippen molar-refractivity contribution in [3.05, 3.63) is 0 Å². The Hall–Kier alpha value is -0.980. The van der Waals surface area contributed by atoms with Crippen LogP contribution in [0.4, 0.5) is 0 Å². The minimum Gasteiger partial charge on any atom is -0.315 e. The standard InChI is InChI=1S/C12H22N4.C10H24N4.C2H2O2.CH4/c1-3-13-7-9-15-5-2-6-16-10-8-14(4-1)11(13)12(15)16;1-3-11-7-9-13-5-2-6-14-10-8-12-4-1;3-1-2-4;/h11-12H,1-10H2;11-14H,1-10H2;1-2H;1H4. The van der Waals surface area contributed by atoms with Gasteiger partial charge in [0.1, 0.15) is 0 Å². The lowest BCUT2D eigenvalue weighted by atomic mass is 10.0. The van der Waals surface area contributed by atoms with E-state index in [1.165, 1.54) is 78.0 Å². The second kappa shape index (κ2) is 18.3. The molecule has 5 aliphatic rings. The van der Waals surface area contributed by atoms with Gasteiger partial charge in [-0.25, -0.2) is 0 Å². The smallest absolute Gasteiger partial charge is 0.182 e. The molecule has 0 bridgehead atoms. The molecule has 35 heavy (non-hydrogen) atoms. The minimum atomic E-state index is 0. The maximum absolute atomic E-state index is 8.81. The molecule has 0 aromatic heterocycles. The van der Waals surface area contributed by atoms with E-state index in [0.29, 0.717) is 0 Å². The second-order valence-corrected chi connectivity index (χ2v) is 9.66. The van der Waals surface area contributed by atoms with Crippen LogP contribution in [0.5, 0.6) is 0 Å².